The van der Waals surface area contributed by atoms with Gasteiger partial charge in [0.15, 0.2) is 5.11 Å². The monoisotopic (exact) mass is 595 g/mol. The highest BCUT2D eigenvalue weighted by molar-refractivity contribution is 9.10. The maximum atomic E-state index is 13.2. The van der Waals surface area contributed by atoms with Gasteiger partial charge in [-0.25, -0.2) is 0 Å². The minimum atomic E-state index is -0.166. The molecule has 1 aliphatic rings. The number of benzene rings is 3. The van der Waals surface area contributed by atoms with E-state index in [9.17, 15) is 4.79 Å². The minimum Gasteiger partial charge on any atom is -0.352 e. The van der Waals surface area contributed by atoms with Crippen molar-refractivity contribution < 1.29 is 4.79 Å². The van der Waals surface area contributed by atoms with Gasteiger partial charge in [0.05, 0.1) is 17.8 Å². The Bertz CT molecular complexity index is 1650. The molecule has 2 aromatic heterocycles. The van der Waals surface area contributed by atoms with Crippen molar-refractivity contribution in [2.45, 2.75) is 18.5 Å². The molecule has 2 atom stereocenters. The summed E-state index contributed by atoms with van der Waals surface area (Å²) in [6.07, 6.45) is 4.14. The zero-order chi connectivity index (χ0) is 26.8. The molecule has 2 N–H and O–H groups in total. The summed E-state index contributed by atoms with van der Waals surface area (Å²) in [7, 11) is 0. The van der Waals surface area contributed by atoms with Crippen molar-refractivity contribution in [2.24, 2.45) is 0 Å². The Labute approximate surface area is 240 Å². The number of pyridine rings is 1. The van der Waals surface area contributed by atoms with Crippen LogP contribution in [0.2, 0.25) is 0 Å². The van der Waals surface area contributed by atoms with Gasteiger partial charge in [-0.05, 0) is 66.1 Å². The highest BCUT2D eigenvalue weighted by Crippen LogP contribution is 2.39. The van der Waals surface area contributed by atoms with Crippen molar-refractivity contribution in [3.8, 4) is 5.69 Å². The SMILES string of the molecule is O=C(CCN1C(=S)N[C@@H](c2ccccn2)[C@H]1c1cccn1-c1cccc(Br)c1)Nc1cccc2ccccc12. The molecule has 3 heterocycles. The molecule has 3 aromatic carbocycles. The lowest BCUT2D eigenvalue weighted by atomic mass is 10.0. The summed E-state index contributed by atoms with van der Waals surface area (Å²) >= 11 is 9.43. The Kier molecular flexibility index (Phi) is 7.13. The fourth-order valence-electron chi connectivity index (χ4n) is 5.23. The number of nitrogens with one attached hydrogen (secondary N) is 2. The summed E-state index contributed by atoms with van der Waals surface area (Å²) in [5.41, 5.74) is 3.81. The van der Waals surface area contributed by atoms with Gasteiger partial charge in [-0.15, -0.1) is 0 Å². The molecule has 0 unspecified atom stereocenters. The predicted molar refractivity (Wildman–Crippen MR) is 163 cm³/mol. The van der Waals surface area contributed by atoms with Crippen LogP contribution < -0.4 is 10.6 Å². The standard InChI is InChI=1S/C31H26BrN5OS/c32-22-10-6-11-23(20-22)36-18-7-15-27(36)30-29(26-13-3-4-17-33-26)35-31(39)37(30)19-16-28(38)34-25-14-5-9-21-8-1-2-12-24(21)25/h1-15,17-18,20,29-30H,16,19H2,(H,34,38)(H,35,39)/t29-,30+/m0/s1. The predicted octanol–water partition coefficient (Wildman–Crippen LogP) is 6.79. The average Bonchev–Trinajstić information content (AvgIpc) is 3.57. The van der Waals surface area contributed by atoms with Gasteiger partial charge in [0, 0.05) is 52.3 Å². The first-order valence-electron chi connectivity index (χ1n) is 12.8. The van der Waals surface area contributed by atoms with E-state index in [-0.39, 0.29) is 24.4 Å². The lowest BCUT2D eigenvalue weighted by Crippen LogP contribution is -2.33. The van der Waals surface area contributed by atoms with Crippen LogP contribution in [0.15, 0.2) is 114 Å². The fourth-order valence-corrected chi connectivity index (χ4v) is 5.95. The third kappa shape index (κ3) is 5.17. The molecule has 8 heteroatoms. The van der Waals surface area contributed by atoms with E-state index in [1.807, 2.05) is 78.9 Å². The quantitative estimate of drug-likeness (QED) is 0.203. The zero-order valence-corrected chi connectivity index (χ0v) is 23.4. The Morgan fingerprint density at radius 2 is 1.79 bits per heavy atom. The number of fused-ring (bicyclic) bond motifs is 1. The number of carbonyl (C=O) groups is 1. The number of nitrogens with zero attached hydrogens (tertiary/aromatic N) is 3. The molecular formula is C31H26BrN5OS. The Morgan fingerprint density at radius 1 is 0.974 bits per heavy atom. The molecule has 5 aromatic rings. The van der Waals surface area contributed by atoms with Crippen molar-refractivity contribution in [3.05, 3.63) is 125 Å². The maximum absolute atomic E-state index is 13.2. The van der Waals surface area contributed by atoms with E-state index in [1.54, 1.807) is 6.20 Å². The van der Waals surface area contributed by atoms with Crippen LogP contribution in [0.3, 0.4) is 0 Å². The third-order valence-corrected chi connectivity index (χ3v) is 7.86. The van der Waals surface area contributed by atoms with E-state index in [1.165, 1.54) is 0 Å². The van der Waals surface area contributed by atoms with E-state index in [0.717, 1.165) is 38.0 Å². The van der Waals surface area contributed by atoms with Crippen LogP contribution in [0.25, 0.3) is 16.5 Å². The highest BCUT2D eigenvalue weighted by Gasteiger charge is 2.41. The first-order valence-corrected chi connectivity index (χ1v) is 14.0. The number of amides is 1. The smallest absolute Gasteiger partial charge is 0.226 e. The van der Waals surface area contributed by atoms with Gasteiger partial charge in [0.2, 0.25) is 5.91 Å². The summed E-state index contributed by atoms with van der Waals surface area (Å²) < 4.78 is 3.17. The van der Waals surface area contributed by atoms with E-state index < -0.39 is 0 Å². The number of hydrogen-bond donors (Lipinski definition) is 2. The van der Waals surface area contributed by atoms with Crippen molar-refractivity contribution in [1.82, 2.24) is 19.8 Å². The number of thiocarbonyl (C=S) groups is 1. The molecule has 1 saturated heterocycles. The van der Waals surface area contributed by atoms with Crippen molar-refractivity contribution in [3.63, 3.8) is 0 Å². The van der Waals surface area contributed by atoms with Crippen molar-refractivity contribution in [2.75, 3.05) is 11.9 Å². The van der Waals surface area contributed by atoms with E-state index in [0.29, 0.717) is 11.7 Å². The van der Waals surface area contributed by atoms with Crippen LogP contribution in [-0.2, 0) is 4.79 Å². The van der Waals surface area contributed by atoms with Gasteiger partial charge in [-0.3, -0.25) is 9.78 Å². The normalized spacial score (nSPS) is 16.8. The lowest BCUT2D eigenvalue weighted by molar-refractivity contribution is -0.116. The number of halogens is 1. The molecule has 6 rings (SSSR count). The number of carbonyl (C=O) groups excluding carboxylic acids is 1. The minimum absolute atomic E-state index is 0.0587. The first kappa shape index (κ1) is 25.3. The molecular weight excluding hydrogens is 570 g/mol. The molecule has 1 fully saturated rings. The van der Waals surface area contributed by atoms with Crippen molar-refractivity contribution >= 4 is 55.6 Å². The fraction of sp³-hybridized carbons (Fsp3) is 0.129. The number of rotatable bonds is 7. The number of hydrogen-bond acceptors (Lipinski definition) is 3. The molecule has 6 nitrogen and oxygen atoms in total. The summed E-state index contributed by atoms with van der Waals surface area (Å²) in [4.78, 5) is 19.9. The Morgan fingerprint density at radius 3 is 2.64 bits per heavy atom. The van der Waals surface area contributed by atoms with Gasteiger partial charge < -0.3 is 20.1 Å². The molecule has 194 valence electrons. The van der Waals surface area contributed by atoms with Crippen molar-refractivity contribution in [1.29, 1.82) is 0 Å². The molecule has 39 heavy (non-hydrogen) atoms. The molecule has 1 aliphatic heterocycles. The third-order valence-electron chi connectivity index (χ3n) is 7.01. The maximum Gasteiger partial charge on any atom is 0.226 e. The molecule has 0 aliphatic carbocycles. The van der Waals surface area contributed by atoms with E-state index in [4.69, 9.17) is 12.2 Å². The Balaban J connectivity index is 1.29. The lowest BCUT2D eigenvalue weighted by Gasteiger charge is -2.29. The summed E-state index contributed by atoms with van der Waals surface area (Å²) in [5, 5.41) is 9.31. The van der Waals surface area contributed by atoms with Gasteiger partial charge >= 0.3 is 0 Å². The highest BCUT2D eigenvalue weighted by atomic mass is 79.9. The average molecular weight is 597 g/mol. The molecule has 0 radical (unpaired) electrons. The van der Waals surface area contributed by atoms with Crippen LogP contribution in [0, 0.1) is 0 Å². The van der Waals surface area contributed by atoms with Crippen LogP contribution in [0.1, 0.15) is 29.9 Å². The first-order chi connectivity index (χ1) is 19.1. The van der Waals surface area contributed by atoms with Gasteiger partial charge in [-0.1, -0.05) is 64.5 Å². The molecule has 1 amide bonds. The van der Waals surface area contributed by atoms with Crippen LogP contribution in [-0.4, -0.2) is 32.0 Å². The number of aromatic nitrogens is 2. The summed E-state index contributed by atoms with van der Waals surface area (Å²) in [5.74, 6) is -0.0587. The largest absolute Gasteiger partial charge is 0.352 e. The van der Waals surface area contributed by atoms with E-state index in [2.05, 4.69) is 65.4 Å². The van der Waals surface area contributed by atoms with Crippen LogP contribution >= 0.6 is 28.1 Å². The van der Waals surface area contributed by atoms with E-state index >= 15 is 0 Å². The molecule has 0 spiro atoms. The second-order valence-corrected chi connectivity index (χ2v) is 10.7. The van der Waals surface area contributed by atoms with Gasteiger partial charge in [-0.2, -0.15) is 0 Å². The molecule has 0 bridgehead atoms. The van der Waals surface area contributed by atoms with Crippen LogP contribution in [0.5, 0.6) is 0 Å². The summed E-state index contributed by atoms with van der Waals surface area (Å²) in [6.45, 7) is 0.458. The zero-order valence-electron chi connectivity index (χ0n) is 21.0. The second-order valence-electron chi connectivity index (χ2n) is 9.43. The molecule has 0 saturated carbocycles. The van der Waals surface area contributed by atoms with Gasteiger partial charge in [0.1, 0.15) is 0 Å². The topological polar surface area (TPSA) is 62.2 Å². The second kappa shape index (κ2) is 11.0. The van der Waals surface area contributed by atoms with Gasteiger partial charge in [0.25, 0.3) is 0 Å². The number of anilines is 1. The summed E-state index contributed by atoms with van der Waals surface area (Å²) in [6, 6.07) is 31.9. The Hall–Kier alpha value is -4.01. The van der Waals surface area contributed by atoms with Crippen LogP contribution in [0.4, 0.5) is 5.69 Å².